The van der Waals surface area contributed by atoms with Crippen molar-refractivity contribution in [2.45, 2.75) is 19.4 Å². The third-order valence-electron chi connectivity index (χ3n) is 7.41. The highest BCUT2D eigenvalue weighted by atomic mass is 35.5. The zero-order valence-electron chi connectivity index (χ0n) is 18.9. The van der Waals surface area contributed by atoms with Gasteiger partial charge in [-0.2, -0.15) is 0 Å². The van der Waals surface area contributed by atoms with Crippen LogP contribution in [-0.2, 0) is 9.53 Å². The van der Waals surface area contributed by atoms with Gasteiger partial charge < -0.3 is 25.7 Å². The van der Waals surface area contributed by atoms with Gasteiger partial charge in [0.2, 0.25) is 5.91 Å². The summed E-state index contributed by atoms with van der Waals surface area (Å²) < 4.78 is 5.47. The van der Waals surface area contributed by atoms with Crippen LogP contribution < -0.4 is 16.0 Å². The predicted octanol–water partition coefficient (Wildman–Crippen LogP) is 3.51. The van der Waals surface area contributed by atoms with Gasteiger partial charge in [-0.05, 0) is 48.9 Å². The van der Waals surface area contributed by atoms with E-state index in [1.807, 2.05) is 0 Å². The highest BCUT2D eigenvalue weighted by Crippen LogP contribution is 2.46. The molecule has 9 heteroatoms. The number of aromatic nitrogens is 3. The molecule has 3 aromatic rings. The second-order valence-corrected chi connectivity index (χ2v) is 9.82. The number of nitrogens with one attached hydrogen (secondary N) is 2. The van der Waals surface area contributed by atoms with Crippen molar-refractivity contribution >= 4 is 40.0 Å². The molecule has 1 amide bonds. The first kappa shape index (κ1) is 21.4. The number of primary amides is 1. The molecule has 3 aliphatic rings. The van der Waals surface area contributed by atoms with Gasteiger partial charge >= 0.3 is 0 Å². The number of pyridine rings is 1. The molecule has 0 unspecified atom stereocenters. The fraction of sp³-hybridized carbons (Fsp3) is 0.400. The van der Waals surface area contributed by atoms with E-state index in [1.165, 1.54) is 5.69 Å². The Morgan fingerprint density at radius 2 is 2.06 bits per heavy atom. The third-order valence-corrected chi connectivity index (χ3v) is 7.70. The number of nitrogens with zero attached hydrogens (tertiary/aromatic N) is 3. The summed E-state index contributed by atoms with van der Waals surface area (Å²) in [5.74, 6) is 0.627. The van der Waals surface area contributed by atoms with Crippen LogP contribution in [0.2, 0.25) is 5.02 Å². The quantitative estimate of drug-likeness (QED) is 0.484. The topological polar surface area (TPSA) is 109 Å². The van der Waals surface area contributed by atoms with Gasteiger partial charge in [-0.1, -0.05) is 23.8 Å². The van der Waals surface area contributed by atoms with Crippen molar-refractivity contribution < 1.29 is 9.53 Å². The number of morpholine rings is 1. The first-order valence-corrected chi connectivity index (χ1v) is 12.1. The lowest BCUT2D eigenvalue weighted by Gasteiger charge is -2.29. The van der Waals surface area contributed by atoms with Crippen molar-refractivity contribution in [3.63, 3.8) is 0 Å². The molecule has 6 rings (SSSR count). The van der Waals surface area contributed by atoms with Crippen molar-refractivity contribution in [2.75, 3.05) is 36.5 Å². The molecule has 4 N–H and O–H groups in total. The average Bonchev–Trinajstić information content (AvgIpc) is 3.56. The van der Waals surface area contributed by atoms with Crippen molar-refractivity contribution in [1.29, 1.82) is 0 Å². The molecule has 2 aliphatic carbocycles. The molecule has 34 heavy (non-hydrogen) atoms. The minimum atomic E-state index is -0.281. The number of ether oxygens (including phenoxy) is 1. The van der Waals surface area contributed by atoms with E-state index < -0.39 is 0 Å². The summed E-state index contributed by atoms with van der Waals surface area (Å²) in [4.78, 5) is 27.2. The van der Waals surface area contributed by atoms with Crippen LogP contribution in [0.15, 0.2) is 36.5 Å². The van der Waals surface area contributed by atoms with Crippen molar-refractivity contribution in [2.24, 2.45) is 23.5 Å². The number of aromatic amines is 1. The van der Waals surface area contributed by atoms with Crippen LogP contribution in [0, 0.1) is 24.7 Å². The molecule has 2 bridgehead atoms. The number of H-pyrrole nitrogens is 1. The molecule has 2 aromatic heterocycles. The zero-order valence-corrected chi connectivity index (χ0v) is 19.7. The molecule has 176 valence electrons. The number of benzene rings is 1. The summed E-state index contributed by atoms with van der Waals surface area (Å²) in [6.45, 7) is 5.38. The minimum Gasteiger partial charge on any atom is -0.378 e. The number of imidazole rings is 1. The molecule has 0 radical (unpaired) electrons. The number of nitrogens with two attached hydrogens (primary N) is 1. The zero-order chi connectivity index (χ0) is 23.4. The van der Waals surface area contributed by atoms with Gasteiger partial charge in [-0.25, -0.2) is 9.97 Å². The third kappa shape index (κ3) is 3.52. The molecule has 0 spiro atoms. The van der Waals surface area contributed by atoms with Crippen molar-refractivity contribution in [1.82, 2.24) is 15.0 Å². The lowest BCUT2D eigenvalue weighted by molar-refractivity contribution is -0.122. The number of anilines is 2. The van der Waals surface area contributed by atoms with Crippen molar-refractivity contribution in [3.8, 4) is 11.4 Å². The average molecular weight is 479 g/mol. The number of hydrogen-bond acceptors (Lipinski definition) is 6. The Labute approximate surface area is 202 Å². The largest absolute Gasteiger partial charge is 0.378 e. The minimum absolute atomic E-state index is 0.100. The van der Waals surface area contributed by atoms with Gasteiger partial charge in [0.15, 0.2) is 5.65 Å². The second-order valence-electron chi connectivity index (χ2n) is 9.41. The maximum absolute atomic E-state index is 12.2. The molecule has 2 fully saturated rings. The maximum atomic E-state index is 12.2. The van der Waals surface area contributed by atoms with Crippen LogP contribution in [0.3, 0.4) is 0 Å². The van der Waals surface area contributed by atoms with E-state index in [0.717, 1.165) is 55.2 Å². The normalized spacial score (nSPS) is 25.9. The number of aryl methyl sites for hydroxylation is 1. The van der Waals surface area contributed by atoms with E-state index in [1.54, 1.807) is 6.20 Å². The molecular weight excluding hydrogens is 452 g/mol. The Hall–Kier alpha value is -3.10. The maximum Gasteiger partial charge on any atom is 0.223 e. The number of hydrogen-bond donors (Lipinski definition) is 3. The van der Waals surface area contributed by atoms with Crippen LogP contribution in [0.4, 0.5) is 11.4 Å². The highest BCUT2D eigenvalue weighted by molar-refractivity contribution is 6.34. The van der Waals surface area contributed by atoms with Gasteiger partial charge in [0.1, 0.15) is 11.3 Å². The van der Waals surface area contributed by atoms with Crippen LogP contribution >= 0.6 is 11.6 Å². The molecule has 1 aliphatic heterocycles. The van der Waals surface area contributed by atoms with E-state index in [0.29, 0.717) is 16.4 Å². The van der Waals surface area contributed by atoms with E-state index >= 15 is 0 Å². The van der Waals surface area contributed by atoms with Gasteiger partial charge in [-0.15, -0.1) is 0 Å². The Bertz CT molecular complexity index is 1300. The fourth-order valence-electron chi connectivity index (χ4n) is 5.71. The van der Waals surface area contributed by atoms with E-state index in [-0.39, 0.29) is 29.7 Å². The number of carbonyl (C=O) groups excluding carboxylic acids is 1. The summed E-state index contributed by atoms with van der Waals surface area (Å²) in [5, 5.41) is 4.02. The Morgan fingerprint density at radius 1 is 1.26 bits per heavy atom. The standard InChI is InChI=1S/C25H27ClN6O2/c1-13-10-16(32-6-8-34-9-7-32)4-5-17(13)24-30-22-21(18(26)12-28-25(22)31-24)29-20-15-3-2-14(11-15)19(20)23(27)33/h2-5,10,12,14-15,19-20H,6-9,11H2,1H3,(H2,27,33)(H2,28,29,30,31)/t14-,15+,19+,20-/m1/s1. The Morgan fingerprint density at radius 3 is 2.82 bits per heavy atom. The number of fused-ring (bicyclic) bond motifs is 3. The lowest BCUT2D eigenvalue weighted by Crippen LogP contribution is -2.41. The number of allylic oxidation sites excluding steroid dienone is 1. The molecule has 1 aromatic carbocycles. The molecule has 8 nitrogen and oxygen atoms in total. The van der Waals surface area contributed by atoms with Crippen LogP contribution in [0.5, 0.6) is 0 Å². The molecule has 3 heterocycles. The first-order chi connectivity index (χ1) is 16.5. The predicted molar refractivity (Wildman–Crippen MR) is 133 cm³/mol. The molecule has 4 atom stereocenters. The number of amides is 1. The Kier molecular flexibility index (Phi) is 5.22. The van der Waals surface area contributed by atoms with E-state index in [2.05, 4.69) is 57.5 Å². The summed E-state index contributed by atoms with van der Waals surface area (Å²) in [6, 6.07) is 6.30. The van der Waals surface area contributed by atoms with Crippen LogP contribution in [0.25, 0.3) is 22.6 Å². The van der Waals surface area contributed by atoms with Gasteiger partial charge in [0.05, 0.1) is 36.0 Å². The van der Waals surface area contributed by atoms with Gasteiger partial charge in [0.25, 0.3) is 0 Å². The monoisotopic (exact) mass is 478 g/mol. The van der Waals surface area contributed by atoms with E-state index in [4.69, 9.17) is 27.1 Å². The summed E-state index contributed by atoms with van der Waals surface area (Å²) >= 11 is 6.58. The Balaban J connectivity index is 1.34. The molecular formula is C25H27ClN6O2. The SMILES string of the molecule is Cc1cc(N2CCOCC2)ccc1-c1nc2ncc(Cl)c(N[C@H]3[C@@H](C(N)=O)[C@@H]4C=C[C@H]3C4)c2[nH]1. The summed E-state index contributed by atoms with van der Waals surface area (Å²) in [5.41, 5.74) is 11.1. The van der Waals surface area contributed by atoms with E-state index in [9.17, 15) is 4.79 Å². The van der Waals surface area contributed by atoms with Crippen LogP contribution in [-0.4, -0.2) is 53.2 Å². The molecule has 1 saturated heterocycles. The van der Waals surface area contributed by atoms with Gasteiger partial charge in [0, 0.05) is 30.4 Å². The molecule has 1 saturated carbocycles. The lowest BCUT2D eigenvalue weighted by atomic mass is 9.88. The number of carbonyl (C=O) groups is 1. The van der Waals surface area contributed by atoms with Crippen molar-refractivity contribution in [3.05, 3.63) is 47.1 Å². The fourth-order valence-corrected chi connectivity index (χ4v) is 5.91. The summed E-state index contributed by atoms with van der Waals surface area (Å²) in [6.07, 6.45) is 6.82. The first-order valence-electron chi connectivity index (χ1n) is 11.7. The second kappa shape index (κ2) is 8.29. The summed E-state index contributed by atoms with van der Waals surface area (Å²) in [7, 11) is 0. The van der Waals surface area contributed by atoms with Crippen LogP contribution in [0.1, 0.15) is 12.0 Å². The smallest absolute Gasteiger partial charge is 0.223 e. The van der Waals surface area contributed by atoms with Gasteiger partial charge in [-0.3, -0.25) is 4.79 Å². The number of rotatable bonds is 5. The number of halogens is 1. The highest BCUT2D eigenvalue weighted by Gasteiger charge is 2.47.